The van der Waals surface area contributed by atoms with Gasteiger partial charge in [-0.1, -0.05) is 24.6 Å². The monoisotopic (exact) mass is 389 g/mol. The number of nitrogens with zero attached hydrogens (tertiary/aromatic N) is 3. The number of likely N-dealkylation sites (tertiary alicyclic amines) is 1. The molecule has 9 nitrogen and oxygen atoms in total. The summed E-state index contributed by atoms with van der Waals surface area (Å²) >= 11 is 1.06. The van der Waals surface area contributed by atoms with Crippen LogP contribution in [0, 0.1) is 5.41 Å². The summed E-state index contributed by atoms with van der Waals surface area (Å²) < 4.78 is 4.92. The first-order valence-corrected chi connectivity index (χ1v) is 9.59. The lowest BCUT2D eigenvalue weighted by Crippen LogP contribution is -2.44. The Kier molecular flexibility index (Phi) is 6.17. The molecule has 0 atom stereocenters. The first-order chi connectivity index (χ1) is 13.0. The van der Waals surface area contributed by atoms with Crippen molar-refractivity contribution in [1.29, 1.82) is 5.41 Å². The normalized spacial score (nSPS) is 19.5. The van der Waals surface area contributed by atoms with E-state index in [4.69, 9.17) is 9.83 Å². The van der Waals surface area contributed by atoms with Gasteiger partial charge < -0.3 is 9.32 Å². The largest absolute Gasteiger partial charge is 0.459 e. The Morgan fingerprint density at radius 2 is 2.04 bits per heavy atom. The molecule has 27 heavy (non-hydrogen) atoms. The maximum absolute atomic E-state index is 12.3. The van der Waals surface area contributed by atoms with Gasteiger partial charge in [-0.2, -0.15) is 4.99 Å². The predicted molar refractivity (Wildman–Crippen MR) is 101 cm³/mol. The molecule has 1 aromatic rings. The topological polar surface area (TPSA) is 128 Å². The molecule has 0 bridgehead atoms. The van der Waals surface area contributed by atoms with Crippen LogP contribution < -0.4 is 5.32 Å². The molecule has 2 aliphatic rings. The quantitative estimate of drug-likeness (QED) is 0.809. The third kappa shape index (κ3) is 4.91. The Hall–Kier alpha value is -2.75. The van der Waals surface area contributed by atoms with Crippen molar-refractivity contribution in [2.45, 2.75) is 25.7 Å². The number of hydrogen-bond acceptors (Lipinski definition) is 6. The Balaban J connectivity index is 1.60. The van der Waals surface area contributed by atoms with E-state index in [0.717, 1.165) is 50.5 Å². The van der Waals surface area contributed by atoms with E-state index in [9.17, 15) is 14.4 Å². The van der Waals surface area contributed by atoms with Gasteiger partial charge in [-0.3, -0.25) is 25.1 Å². The number of thioether (sulfide) groups is 1. The molecule has 0 radical (unpaired) electrons. The summed E-state index contributed by atoms with van der Waals surface area (Å²) in [5.41, 5.74) is -0.389. The highest BCUT2D eigenvalue weighted by Gasteiger charge is 2.27. The lowest BCUT2D eigenvalue weighted by Gasteiger charge is -2.20. The van der Waals surface area contributed by atoms with Crippen LogP contribution in [0.2, 0.25) is 0 Å². The molecule has 0 unspecified atom stereocenters. The van der Waals surface area contributed by atoms with Gasteiger partial charge in [0.05, 0.1) is 12.0 Å². The summed E-state index contributed by atoms with van der Waals surface area (Å²) in [4.78, 5) is 45.7. The summed E-state index contributed by atoms with van der Waals surface area (Å²) in [6.45, 7) is 1.50. The highest BCUT2D eigenvalue weighted by molar-refractivity contribution is 8.14. The molecule has 10 heteroatoms. The van der Waals surface area contributed by atoms with Crippen LogP contribution in [0.1, 0.15) is 36.2 Å². The second kappa shape index (κ2) is 8.76. The Morgan fingerprint density at radius 3 is 2.67 bits per heavy atom. The van der Waals surface area contributed by atoms with Gasteiger partial charge in [0.15, 0.2) is 22.5 Å². The number of carbonyl (C=O) groups excluding carboxylic acids is 3. The van der Waals surface area contributed by atoms with Crippen LogP contribution in [0.5, 0.6) is 0 Å². The average Bonchev–Trinajstić information content (AvgIpc) is 3.05. The number of furan rings is 1. The Labute approximate surface area is 159 Å². The summed E-state index contributed by atoms with van der Waals surface area (Å²) in [7, 11) is 0. The van der Waals surface area contributed by atoms with E-state index in [0.29, 0.717) is 0 Å². The first kappa shape index (κ1) is 19.0. The van der Waals surface area contributed by atoms with Crippen molar-refractivity contribution < 1.29 is 18.8 Å². The maximum Gasteiger partial charge on any atom is 0.313 e. The summed E-state index contributed by atoms with van der Waals surface area (Å²) in [5.74, 6) is -1.82. The SMILES string of the molecule is N=C1N=C(SCC(=O)N2CCCCCC2)NC(=O)C1=NC(=O)c1ccco1. The fourth-order valence-corrected chi connectivity index (χ4v) is 3.48. The fourth-order valence-electron chi connectivity index (χ4n) is 2.72. The minimum Gasteiger partial charge on any atom is -0.459 e. The van der Waals surface area contributed by atoms with Crippen molar-refractivity contribution in [2.24, 2.45) is 9.98 Å². The second-order valence-electron chi connectivity index (χ2n) is 6.05. The van der Waals surface area contributed by atoms with E-state index in [-0.39, 0.29) is 28.3 Å². The molecule has 1 saturated heterocycles. The standard InChI is InChI=1S/C17H19N5O4S/c18-14-13(19-15(24)11-6-5-9-26-11)16(25)21-17(20-14)27-10-12(23)22-7-3-1-2-4-8-22/h5-6,9H,1-4,7-8,10H2,(H2,18,20,21,25). The van der Waals surface area contributed by atoms with Gasteiger partial charge in [-0.25, -0.2) is 4.99 Å². The van der Waals surface area contributed by atoms with E-state index < -0.39 is 17.6 Å². The number of amidine groups is 2. The number of amides is 3. The lowest BCUT2D eigenvalue weighted by molar-refractivity contribution is -0.128. The minimum absolute atomic E-state index is 0.0159. The fraction of sp³-hybridized carbons (Fsp3) is 0.412. The van der Waals surface area contributed by atoms with Gasteiger partial charge in [0, 0.05) is 13.1 Å². The van der Waals surface area contributed by atoms with Crippen molar-refractivity contribution in [2.75, 3.05) is 18.8 Å². The van der Waals surface area contributed by atoms with E-state index in [1.165, 1.54) is 18.4 Å². The minimum atomic E-state index is -0.766. The molecule has 3 rings (SSSR count). The number of rotatable bonds is 3. The van der Waals surface area contributed by atoms with Gasteiger partial charge in [0.25, 0.3) is 5.91 Å². The Bertz CT molecular complexity index is 807. The van der Waals surface area contributed by atoms with Crippen molar-refractivity contribution in [1.82, 2.24) is 10.2 Å². The van der Waals surface area contributed by atoms with Crippen LogP contribution >= 0.6 is 11.8 Å². The van der Waals surface area contributed by atoms with Crippen LogP contribution in [-0.2, 0) is 9.59 Å². The second-order valence-corrected chi connectivity index (χ2v) is 7.01. The molecule has 0 saturated carbocycles. The summed E-state index contributed by atoms with van der Waals surface area (Å²) in [6, 6.07) is 2.93. The molecule has 0 spiro atoms. The van der Waals surface area contributed by atoms with Gasteiger partial charge in [-0.05, 0) is 25.0 Å². The molecular formula is C17H19N5O4S. The predicted octanol–water partition coefficient (Wildman–Crippen LogP) is 1.46. The van der Waals surface area contributed by atoms with E-state index >= 15 is 0 Å². The van der Waals surface area contributed by atoms with Crippen molar-refractivity contribution in [3.05, 3.63) is 24.2 Å². The average molecular weight is 389 g/mol. The lowest BCUT2D eigenvalue weighted by atomic mass is 10.2. The van der Waals surface area contributed by atoms with Crippen LogP contribution in [0.3, 0.4) is 0 Å². The smallest absolute Gasteiger partial charge is 0.313 e. The van der Waals surface area contributed by atoms with Crippen molar-refractivity contribution in [3.8, 4) is 0 Å². The molecule has 3 amide bonds. The highest BCUT2D eigenvalue weighted by Crippen LogP contribution is 2.13. The van der Waals surface area contributed by atoms with Gasteiger partial charge in [0.1, 0.15) is 0 Å². The van der Waals surface area contributed by atoms with Crippen LogP contribution in [-0.4, -0.2) is 58.2 Å². The highest BCUT2D eigenvalue weighted by atomic mass is 32.2. The van der Waals surface area contributed by atoms with Gasteiger partial charge in [-0.15, -0.1) is 0 Å². The Morgan fingerprint density at radius 1 is 1.30 bits per heavy atom. The number of hydrogen-bond donors (Lipinski definition) is 2. The molecule has 1 fully saturated rings. The summed E-state index contributed by atoms with van der Waals surface area (Å²) in [6.07, 6.45) is 5.59. The first-order valence-electron chi connectivity index (χ1n) is 8.60. The van der Waals surface area contributed by atoms with E-state index in [1.54, 1.807) is 0 Å². The number of carbonyl (C=O) groups is 3. The zero-order valence-corrected chi connectivity index (χ0v) is 15.4. The van der Waals surface area contributed by atoms with Crippen LogP contribution in [0.25, 0.3) is 0 Å². The zero-order chi connectivity index (χ0) is 19.2. The zero-order valence-electron chi connectivity index (χ0n) is 14.6. The van der Waals surface area contributed by atoms with E-state index in [2.05, 4.69) is 15.3 Å². The molecule has 0 aromatic carbocycles. The van der Waals surface area contributed by atoms with E-state index in [1.807, 2.05) is 4.90 Å². The van der Waals surface area contributed by atoms with Crippen LogP contribution in [0.4, 0.5) is 0 Å². The third-order valence-corrected chi connectivity index (χ3v) is 4.97. The molecule has 1 aromatic heterocycles. The molecule has 0 aliphatic carbocycles. The third-order valence-electron chi connectivity index (χ3n) is 4.11. The number of aliphatic imine (C=N–C) groups is 2. The van der Waals surface area contributed by atoms with Crippen LogP contribution in [0.15, 0.2) is 32.8 Å². The molecule has 2 aliphatic heterocycles. The summed E-state index contributed by atoms with van der Waals surface area (Å²) in [5, 5.41) is 10.5. The molecule has 142 valence electrons. The number of nitrogens with one attached hydrogen (secondary N) is 2. The van der Waals surface area contributed by atoms with Crippen molar-refractivity contribution >= 4 is 46.2 Å². The van der Waals surface area contributed by atoms with Gasteiger partial charge >= 0.3 is 5.91 Å². The van der Waals surface area contributed by atoms with Gasteiger partial charge in [0.2, 0.25) is 5.91 Å². The molecule has 2 N–H and O–H groups in total. The molecular weight excluding hydrogens is 370 g/mol. The molecule has 3 heterocycles. The maximum atomic E-state index is 12.3. The van der Waals surface area contributed by atoms with Crippen molar-refractivity contribution in [3.63, 3.8) is 0 Å².